The van der Waals surface area contributed by atoms with Crippen LogP contribution in [0.25, 0.3) is 22.0 Å². The summed E-state index contributed by atoms with van der Waals surface area (Å²) in [6, 6.07) is 7.77. The van der Waals surface area contributed by atoms with Crippen molar-refractivity contribution >= 4 is 34.1 Å². The minimum atomic E-state index is 0.274. The molecular formula is C21H23Cl2F3N2O. The molecule has 0 atom stereocenters. The Kier molecular flexibility index (Phi) is 9.11. The number of hydrogen-bond acceptors (Lipinski definition) is 2. The molecule has 2 heterocycles. The molecule has 0 aliphatic heterocycles. The van der Waals surface area contributed by atoms with Gasteiger partial charge in [0, 0.05) is 37.5 Å². The van der Waals surface area contributed by atoms with E-state index in [4.69, 9.17) is 37.1 Å². The van der Waals surface area contributed by atoms with Gasteiger partial charge in [0.2, 0.25) is 0 Å². The molecule has 1 aliphatic rings. The van der Waals surface area contributed by atoms with Crippen LogP contribution in [0.1, 0.15) is 32.6 Å². The van der Waals surface area contributed by atoms with Crippen molar-refractivity contribution in [1.82, 2.24) is 9.97 Å². The smallest absolute Gasteiger partial charge is 0.138 e. The number of aromatic nitrogens is 2. The van der Waals surface area contributed by atoms with E-state index < -0.39 is 0 Å². The molecule has 3 aromatic rings. The predicted octanol–water partition coefficient (Wildman–Crippen LogP) is 7.92. The predicted molar refractivity (Wildman–Crippen MR) is 113 cm³/mol. The Morgan fingerprint density at radius 3 is 2.45 bits per heavy atom. The number of benzene rings is 1. The molecule has 0 saturated heterocycles. The molecule has 0 spiro atoms. The first kappa shape index (κ1) is 23.4. The van der Waals surface area contributed by atoms with E-state index in [9.17, 15) is 4.39 Å². The quantitative estimate of drug-likeness (QED) is 0.414. The molecule has 2 aromatic heterocycles. The first-order valence-corrected chi connectivity index (χ1v) is 9.97. The van der Waals surface area contributed by atoms with Gasteiger partial charge in [0.25, 0.3) is 0 Å². The summed E-state index contributed by atoms with van der Waals surface area (Å²) in [6.45, 7) is 2.31. The fourth-order valence-corrected chi connectivity index (χ4v) is 4.07. The molecule has 29 heavy (non-hydrogen) atoms. The van der Waals surface area contributed by atoms with Crippen LogP contribution in [0.4, 0.5) is 13.5 Å². The normalized spacial score (nSPS) is 18.3. The van der Waals surface area contributed by atoms with E-state index in [1.807, 2.05) is 30.5 Å². The van der Waals surface area contributed by atoms with Crippen LogP contribution in [0.2, 0.25) is 10.2 Å². The monoisotopic (exact) mass is 446 g/mol. The van der Waals surface area contributed by atoms with Gasteiger partial charge in [-0.1, -0.05) is 30.1 Å². The maximum atomic E-state index is 9.50. The highest BCUT2D eigenvalue weighted by Crippen LogP contribution is 2.37. The molecule has 0 radical (unpaired) electrons. The number of nitrogens with zero attached hydrogens (tertiary/aromatic N) is 1. The van der Waals surface area contributed by atoms with Crippen molar-refractivity contribution < 1.29 is 18.3 Å². The summed E-state index contributed by atoms with van der Waals surface area (Å²) in [4.78, 5) is 7.44. The average molecular weight is 447 g/mol. The zero-order valence-corrected chi connectivity index (χ0v) is 17.7. The van der Waals surface area contributed by atoms with E-state index in [2.05, 4.69) is 16.9 Å². The Balaban J connectivity index is 0.000000707. The lowest BCUT2D eigenvalue weighted by Gasteiger charge is -2.27. The van der Waals surface area contributed by atoms with Gasteiger partial charge in [0.05, 0.1) is 18.8 Å². The van der Waals surface area contributed by atoms with E-state index in [1.54, 1.807) is 6.20 Å². The fourth-order valence-electron chi connectivity index (χ4n) is 3.59. The molecule has 1 aromatic carbocycles. The van der Waals surface area contributed by atoms with Gasteiger partial charge >= 0.3 is 0 Å². The lowest BCUT2D eigenvalue weighted by atomic mass is 9.89. The topological polar surface area (TPSA) is 37.9 Å². The molecule has 0 bridgehead atoms. The lowest BCUT2D eigenvalue weighted by Crippen LogP contribution is -2.23. The summed E-state index contributed by atoms with van der Waals surface area (Å²) >= 11 is 12.7. The molecular weight excluding hydrogens is 424 g/mol. The van der Waals surface area contributed by atoms with Crippen LogP contribution in [0, 0.1) is 5.92 Å². The number of pyridine rings is 1. The Morgan fingerprint density at radius 1 is 1.07 bits per heavy atom. The van der Waals surface area contributed by atoms with Crippen molar-refractivity contribution in [1.29, 1.82) is 0 Å². The lowest BCUT2D eigenvalue weighted by molar-refractivity contribution is 0.108. The molecule has 1 N–H and O–H groups in total. The number of halogens is 5. The fraction of sp³-hybridized carbons (Fsp3) is 0.381. The largest absolute Gasteiger partial charge is 0.490 e. The number of H-pyrrole nitrogens is 1. The first-order chi connectivity index (χ1) is 14.1. The third kappa shape index (κ3) is 5.80. The molecule has 4 rings (SSSR count). The Hall–Kier alpha value is -1.92. The Morgan fingerprint density at radius 2 is 1.76 bits per heavy atom. The van der Waals surface area contributed by atoms with Gasteiger partial charge in [0.15, 0.2) is 0 Å². The second kappa shape index (κ2) is 11.3. The minimum Gasteiger partial charge on any atom is -0.490 e. The zero-order chi connectivity index (χ0) is 21.4. The van der Waals surface area contributed by atoms with Crippen molar-refractivity contribution in [2.75, 3.05) is 7.18 Å². The minimum absolute atomic E-state index is 0.274. The van der Waals surface area contributed by atoms with Crippen LogP contribution in [0.3, 0.4) is 0 Å². The van der Waals surface area contributed by atoms with Gasteiger partial charge in [-0.3, -0.25) is 4.39 Å². The van der Waals surface area contributed by atoms with Gasteiger partial charge in [-0.15, -0.1) is 0 Å². The van der Waals surface area contributed by atoms with Crippen molar-refractivity contribution in [3.63, 3.8) is 0 Å². The van der Waals surface area contributed by atoms with Crippen LogP contribution in [0.15, 0.2) is 36.7 Å². The number of alkyl halides is 1. The zero-order valence-electron chi connectivity index (χ0n) is 16.2. The molecule has 158 valence electrons. The highest BCUT2D eigenvalue weighted by Gasteiger charge is 2.20. The summed E-state index contributed by atoms with van der Waals surface area (Å²) in [6.07, 6.45) is 8.56. The van der Waals surface area contributed by atoms with Gasteiger partial charge in [-0.05, 0) is 61.4 Å². The van der Waals surface area contributed by atoms with E-state index in [1.165, 1.54) is 12.8 Å². The van der Waals surface area contributed by atoms with Crippen LogP contribution in [0.5, 0.6) is 5.75 Å². The second-order valence-electron chi connectivity index (χ2n) is 6.90. The number of hydrogen-bond donors (Lipinski definition) is 1. The van der Waals surface area contributed by atoms with E-state index >= 15 is 0 Å². The molecule has 1 fully saturated rings. The van der Waals surface area contributed by atoms with E-state index in [0.29, 0.717) is 17.4 Å². The van der Waals surface area contributed by atoms with E-state index in [0.717, 1.165) is 46.5 Å². The maximum Gasteiger partial charge on any atom is 0.138 e. The highest BCUT2D eigenvalue weighted by molar-refractivity contribution is 6.35. The SMILES string of the molecule is CC1CCC(Oc2cc(Cl)cc(-c3c[nH]c4ccnc(Cl)c34)c2)CC1.CF.FF. The third-order valence-corrected chi connectivity index (χ3v) is 5.50. The Bertz CT molecular complexity index is 912. The molecule has 0 amide bonds. The maximum absolute atomic E-state index is 9.50. The molecule has 3 nitrogen and oxygen atoms in total. The number of nitrogens with one attached hydrogen (secondary N) is 1. The first-order valence-electron chi connectivity index (χ1n) is 9.21. The van der Waals surface area contributed by atoms with Gasteiger partial charge in [0.1, 0.15) is 10.9 Å². The summed E-state index contributed by atoms with van der Waals surface area (Å²) in [5.74, 6) is 1.62. The van der Waals surface area contributed by atoms with Gasteiger partial charge < -0.3 is 9.72 Å². The Labute approximate surface area is 178 Å². The van der Waals surface area contributed by atoms with Gasteiger partial charge in [-0.2, -0.15) is 0 Å². The van der Waals surface area contributed by atoms with Crippen molar-refractivity contribution in [2.45, 2.75) is 38.7 Å². The molecule has 1 saturated carbocycles. The number of aromatic amines is 1. The van der Waals surface area contributed by atoms with Crippen molar-refractivity contribution in [3.8, 4) is 16.9 Å². The van der Waals surface area contributed by atoms with E-state index in [-0.39, 0.29) is 6.10 Å². The summed E-state index contributed by atoms with van der Waals surface area (Å²) < 4.78 is 31.7. The van der Waals surface area contributed by atoms with Crippen LogP contribution >= 0.6 is 23.2 Å². The van der Waals surface area contributed by atoms with Crippen LogP contribution < -0.4 is 4.74 Å². The van der Waals surface area contributed by atoms with Crippen molar-refractivity contribution in [3.05, 3.63) is 46.8 Å². The van der Waals surface area contributed by atoms with Crippen molar-refractivity contribution in [2.24, 2.45) is 5.92 Å². The second-order valence-corrected chi connectivity index (χ2v) is 7.70. The summed E-state index contributed by atoms with van der Waals surface area (Å²) in [5.41, 5.74) is 2.92. The molecule has 1 aliphatic carbocycles. The van der Waals surface area contributed by atoms with Crippen LogP contribution in [-0.4, -0.2) is 23.2 Å². The van der Waals surface area contributed by atoms with Crippen LogP contribution in [-0.2, 0) is 0 Å². The average Bonchev–Trinajstić information content (AvgIpc) is 3.18. The van der Waals surface area contributed by atoms with Gasteiger partial charge in [-0.25, -0.2) is 4.98 Å². The molecule has 8 heteroatoms. The number of rotatable bonds is 3. The third-order valence-electron chi connectivity index (χ3n) is 4.99. The molecule has 0 unspecified atom stereocenters. The summed E-state index contributed by atoms with van der Waals surface area (Å²) in [7, 11) is 0.500. The standard InChI is InChI=1S/C20H20Cl2N2O.CH3F.F2/c1-12-2-4-15(5-3-12)25-16-9-13(8-14(21)10-16)17-11-24-18-6-7-23-20(22)19(17)18;2*1-2/h6-12,15,24H,2-5H2,1H3;1H3;. The highest BCUT2D eigenvalue weighted by atomic mass is 35.5. The number of ether oxygens (including phenoxy) is 1. The number of fused-ring (bicyclic) bond motifs is 1. The summed E-state index contributed by atoms with van der Waals surface area (Å²) in [5, 5.41) is 2.05.